The fourth-order valence-corrected chi connectivity index (χ4v) is 4.14. The third-order valence-electron chi connectivity index (χ3n) is 3.60. The second kappa shape index (κ2) is 9.54. The Hall–Kier alpha value is -1.89. The summed E-state index contributed by atoms with van der Waals surface area (Å²) in [7, 11) is -2.71. The Kier molecular flexibility index (Phi) is 7.63. The molecule has 28 heavy (non-hydrogen) atoms. The van der Waals surface area contributed by atoms with Crippen LogP contribution in [0.25, 0.3) is 0 Å². The topological polar surface area (TPSA) is 133 Å². The van der Waals surface area contributed by atoms with Gasteiger partial charge in [-0.25, -0.2) is 23.1 Å². The Morgan fingerprint density at radius 3 is 2.75 bits per heavy atom. The fraction of sp³-hybridized carbons (Fsp3) is 0.312. The number of hydrogen-bond donors (Lipinski definition) is 1. The van der Waals surface area contributed by atoms with E-state index in [1.165, 1.54) is 42.0 Å². The molecule has 1 fully saturated rings. The maximum absolute atomic E-state index is 12.2. The molecule has 0 unspecified atom stereocenters. The van der Waals surface area contributed by atoms with E-state index < -0.39 is 22.0 Å². The molecule has 1 amide bonds. The van der Waals surface area contributed by atoms with Gasteiger partial charge in [0.1, 0.15) is 0 Å². The number of nitrogens with zero attached hydrogens (tertiary/aromatic N) is 1. The number of carbonyl (C=O) groups is 3. The van der Waals surface area contributed by atoms with Crippen molar-refractivity contribution in [2.75, 3.05) is 26.0 Å². The number of primary sulfonamides is 1. The van der Waals surface area contributed by atoms with Crippen LogP contribution < -0.4 is 5.14 Å². The number of hydrogen-bond acceptors (Lipinski definition) is 8. The molecule has 0 atom stereocenters. The van der Waals surface area contributed by atoms with Gasteiger partial charge in [0.05, 0.1) is 41.0 Å². The Balaban J connectivity index is 1.95. The zero-order chi connectivity index (χ0) is 20.9. The summed E-state index contributed by atoms with van der Waals surface area (Å²) in [5.74, 6) is -1.23. The second-order valence-corrected chi connectivity index (χ2v) is 8.93. The van der Waals surface area contributed by atoms with Gasteiger partial charge in [0.25, 0.3) is 0 Å². The van der Waals surface area contributed by atoms with E-state index in [1.807, 2.05) is 0 Å². The molecule has 1 aromatic carbocycles. The molecule has 12 heteroatoms. The van der Waals surface area contributed by atoms with Crippen LogP contribution in [0, 0.1) is 0 Å². The monoisotopic (exact) mass is 492 g/mol. The Morgan fingerprint density at radius 1 is 1.39 bits per heavy atom. The van der Waals surface area contributed by atoms with Crippen molar-refractivity contribution in [2.24, 2.45) is 5.14 Å². The van der Waals surface area contributed by atoms with Crippen LogP contribution in [0.4, 0.5) is 0 Å². The molecule has 0 bridgehead atoms. The van der Waals surface area contributed by atoms with Gasteiger partial charge in [-0.2, -0.15) is 0 Å². The van der Waals surface area contributed by atoms with Gasteiger partial charge >= 0.3 is 11.9 Å². The molecule has 152 valence electrons. The van der Waals surface area contributed by atoms with Crippen LogP contribution in [0.3, 0.4) is 0 Å². The highest BCUT2D eigenvalue weighted by Gasteiger charge is 2.27. The Morgan fingerprint density at radius 2 is 2.11 bits per heavy atom. The Bertz CT molecular complexity index is 931. The highest BCUT2D eigenvalue weighted by molar-refractivity contribution is 9.10. The summed E-state index contributed by atoms with van der Waals surface area (Å²) in [6.45, 7) is 0.241. The highest BCUT2D eigenvalue weighted by atomic mass is 79.9. The molecule has 2 N–H and O–H groups in total. The molecule has 0 spiro atoms. The number of methoxy groups -OCH3 is 1. The summed E-state index contributed by atoms with van der Waals surface area (Å²) in [5, 5.41) is 5.54. The first-order valence-corrected chi connectivity index (χ1v) is 11.2. The molecule has 0 aliphatic carbocycles. The minimum Gasteiger partial charge on any atom is -0.466 e. The number of carbonyl (C=O) groups excluding carboxylic acids is 3. The largest absolute Gasteiger partial charge is 0.466 e. The van der Waals surface area contributed by atoms with Gasteiger partial charge in [-0.3, -0.25) is 4.79 Å². The van der Waals surface area contributed by atoms with E-state index in [9.17, 15) is 22.8 Å². The van der Waals surface area contributed by atoms with Gasteiger partial charge < -0.3 is 14.4 Å². The number of amides is 1. The lowest BCUT2D eigenvalue weighted by atomic mass is 10.2. The summed E-state index contributed by atoms with van der Waals surface area (Å²) >= 11 is 4.39. The third kappa shape index (κ3) is 5.80. The van der Waals surface area contributed by atoms with E-state index in [-0.39, 0.29) is 35.3 Å². The number of rotatable bonds is 7. The average molecular weight is 493 g/mol. The number of halogens is 1. The zero-order valence-electron chi connectivity index (χ0n) is 14.7. The number of thioether (sulfide) groups is 1. The van der Waals surface area contributed by atoms with E-state index in [4.69, 9.17) is 9.88 Å². The summed E-state index contributed by atoms with van der Waals surface area (Å²) in [5.41, 5.74) is 0.0191. The van der Waals surface area contributed by atoms with Gasteiger partial charge in [-0.15, -0.1) is 0 Å². The van der Waals surface area contributed by atoms with Crippen LogP contribution in [0.2, 0.25) is 0 Å². The normalized spacial score (nSPS) is 15.8. The van der Waals surface area contributed by atoms with Crippen LogP contribution in [-0.4, -0.2) is 57.2 Å². The highest BCUT2D eigenvalue weighted by Crippen LogP contribution is 2.29. The summed E-state index contributed by atoms with van der Waals surface area (Å²) in [6, 6.07) is 3.78. The van der Waals surface area contributed by atoms with Crippen molar-refractivity contribution < 1.29 is 32.3 Å². The van der Waals surface area contributed by atoms with Crippen LogP contribution in [0.15, 0.2) is 38.7 Å². The molecular weight excluding hydrogens is 476 g/mol. The number of ether oxygens (including phenoxy) is 2. The van der Waals surface area contributed by atoms with Crippen LogP contribution >= 0.6 is 27.7 Å². The standard InChI is InChI=1S/C16H17BrN2O7S2/c1-25-15(21)8-14-19(13(20)9-27-14)5-2-6-26-16(22)11-7-10(28(18,23)24)3-4-12(11)17/h3-4,7-8H,2,5-6,9H2,1H3,(H2,18,23,24)/b14-8+. The predicted molar refractivity (Wildman–Crippen MR) is 105 cm³/mol. The van der Waals surface area contributed by atoms with Gasteiger partial charge in [0, 0.05) is 11.0 Å². The van der Waals surface area contributed by atoms with Crippen LogP contribution in [-0.2, 0) is 29.1 Å². The maximum atomic E-state index is 12.2. The van der Waals surface area contributed by atoms with Crippen molar-refractivity contribution in [3.8, 4) is 0 Å². The first-order valence-electron chi connectivity index (χ1n) is 7.85. The molecular formula is C16H17BrN2O7S2. The van der Waals surface area contributed by atoms with E-state index in [2.05, 4.69) is 20.7 Å². The van der Waals surface area contributed by atoms with Crippen LogP contribution in [0.5, 0.6) is 0 Å². The molecule has 1 aliphatic heterocycles. The van der Waals surface area contributed by atoms with Gasteiger partial charge in [0.15, 0.2) is 0 Å². The molecule has 2 rings (SSSR count). The van der Waals surface area contributed by atoms with Gasteiger partial charge in [-0.05, 0) is 40.5 Å². The molecule has 0 aromatic heterocycles. The van der Waals surface area contributed by atoms with Crippen molar-refractivity contribution in [1.29, 1.82) is 0 Å². The van der Waals surface area contributed by atoms with Crippen molar-refractivity contribution in [3.05, 3.63) is 39.3 Å². The quantitative estimate of drug-likeness (QED) is 0.341. The second-order valence-electron chi connectivity index (χ2n) is 5.52. The summed E-state index contributed by atoms with van der Waals surface area (Å²) in [4.78, 5) is 36.7. The number of sulfonamides is 1. The van der Waals surface area contributed by atoms with E-state index >= 15 is 0 Å². The lowest BCUT2D eigenvalue weighted by Gasteiger charge is -2.16. The zero-order valence-corrected chi connectivity index (χ0v) is 17.9. The molecule has 1 saturated heterocycles. The maximum Gasteiger partial charge on any atom is 0.339 e. The number of nitrogens with two attached hydrogens (primary N) is 1. The summed E-state index contributed by atoms with van der Waals surface area (Å²) < 4.78 is 32.9. The lowest BCUT2D eigenvalue weighted by molar-refractivity contribution is -0.134. The van der Waals surface area contributed by atoms with E-state index in [0.29, 0.717) is 15.9 Å². The van der Waals surface area contributed by atoms with Crippen molar-refractivity contribution in [1.82, 2.24) is 4.90 Å². The predicted octanol–water partition coefficient (Wildman–Crippen LogP) is 1.23. The van der Waals surface area contributed by atoms with Crippen LogP contribution in [0.1, 0.15) is 16.8 Å². The third-order valence-corrected chi connectivity index (χ3v) is 6.23. The van der Waals surface area contributed by atoms with E-state index in [0.717, 1.165) is 6.07 Å². The van der Waals surface area contributed by atoms with Gasteiger partial charge in [-0.1, -0.05) is 11.8 Å². The van der Waals surface area contributed by atoms with Crippen molar-refractivity contribution in [2.45, 2.75) is 11.3 Å². The first-order chi connectivity index (χ1) is 13.1. The lowest BCUT2D eigenvalue weighted by Crippen LogP contribution is -2.27. The SMILES string of the molecule is COC(=O)/C=C1/SCC(=O)N1CCCOC(=O)c1cc(S(N)(=O)=O)ccc1Br. The molecule has 1 heterocycles. The Labute approximate surface area is 174 Å². The van der Waals surface area contributed by atoms with Crippen molar-refractivity contribution >= 4 is 55.6 Å². The summed E-state index contributed by atoms with van der Waals surface area (Å²) in [6.07, 6.45) is 1.56. The molecule has 0 radical (unpaired) electrons. The first kappa shape index (κ1) is 22.4. The smallest absolute Gasteiger partial charge is 0.339 e. The van der Waals surface area contributed by atoms with Gasteiger partial charge in [0.2, 0.25) is 15.9 Å². The molecule has 0 saturated carbocycles. The van der Waals surface area contributed by atoms with E-state index in [1.54, 1.807) is 0 Å². The molecule has 1 aliphatic rings. The number of benzene rings is 1. The molecule has 1 aromatic rings. The average Bonchev–Trinajstić information content (AvgIpc) is 2.97. The minimum absolute atomic E-state index is 0.00910. The minimum atomic E-state index is -3.96. The van der Waals surface area contributed by atoms with Crippen molar-refractivity contribution in [3.63, 3.8) is 0 Å². The molecule has 9 nitrogen and oxygen atoms in total. The number of esters is 2. The fourth-order valence-electron chi connectivity index (χ4n) is 2.23.